The summed E-state index contributed by atoms with van der Waals surface area (Å²) in [5, 5.41) is 10.3. The number of hydrogen-bond donors (Lipinski definition) is 1. The summed E-state index contributed by atoms with van der Waals surface area (Å²) in [5.74, 6) is 6.77. The highest BCUT2D eigenvalue weighted by atomic mass is 79.9. The van der Waals surface area contributed by atoms with Gasteiger partial charge in [-0.2, -0.15) is 0 Å². The van der Waals surface area contributed by atoms with Gasteiger partial charge < -0.3 is 28.5 Å². The molecule has 0 amide bonds. The topological polar surface area (TPSA) is 37.1 Å². The highest BCUT2D eigenvalue weighted by molar-refractivity contribution is 9.10. The number of rotatable bonds is 5. The number of anilines is 6. The van der Waals surface area contributed by atoms with Crippen molar-refractivity contribution in [3.05, 3.63) is 354 Å². The van der Waals surface area contributed by atoms with Gasteiger partial charge in [-0.3, -0.25) is 0 Å². The van der Waals surface area contributed by atoms with Crippen molar-refractivity contribution in [2.45, 2.75) is 75.0 Å². The lowest BCUT2D eigenvalue weighted by molar-refractivity contribution is -0.0419. The number of hydrogen-bond acceptors (Lipinski definition) is 2. The third-order valence-corrected chi connectivity index (χ3v) is 28.9. The number of aromatic amines is 1. The normalized spacial score (nSPS) is 21.7. The van der Waals surface area contributed by atoms with Crippen LogP contribution in [-0.2, 0) is 10.8 Å². The quantitative estimate of drug-likeness (QED) is 0.186. The molecule has 8 fully saturated rings. The van der Waals surface area contributed by atoms with Crippen molar-refractivity contribution in [1.82, 2.24) is 18.7 Å². The number of para-hydroxylation sites is 10. The molecule has 0 radical (unpaired) electrons. The SMILES string of the molecule is Brc1ccc2c(c1)c1ccccc1n2-c1ccccc1.c1ccc(-n2c3ccccc3c3cc(-n4c5ccccc5c5cc(N6c7ccccc7C7(c8ccccc86)C6CC8CC(C6)CC7C8)ccc54)ccc32)cc1.c1ccc2c(c1)N(c1ccc3[nH]c4ccccc4c3c1)c1ccccc1C21C2CC3CC(C2)CC1C3. The van der Waals surface area contributed by atoms with Crippen molar-refractivity contribution in [3.63, 3.8) is 0 Å². The zero-order chi connectivity index (χ0) is 72.8. The maximum absolute atomic E-state index is 3.61. The van der Waals surface area contributed by atoms with E-state index in [1.807, 2.05) is 6.07 Å². The zero-order valence-corrected chi connectivity index (χ0v) is 63.6. The van der Waals surface area contributed by atoms with Crippen LogP contribution < -0.4 is 9.80 Å². The first-order valence-electron chi connectivity index (χ1n) is 40.8. The van der Waals surface area contributed by atoms with Crippen molar-refractivity contribution in [2.75, 3.05) is 9.80 Å². The van der Waals surface area contributed by atoms with Gasteiger partial charge >= 0.3 is 0 Å². The van der Waals surface area contributed by atoms with Crippen molar-refractivity contribution in [1.29, 1.82) is 0 Å². The molecule has 4 aromatic heterocycles. The summed E-state index contributed by atoms with van der Waals surface area (Å²) in [4.78, 5) is 8.76. The van der Waals surface area contributed by atoms with Crippen LogP contribution in [0, 0.1) is 47.3 Å². The average molecular weight is 1500 g/mol. The Kier molecular flexibility index (Phi) is 14.3. The second-order valence-electron chi connectivity index (χ2n) is 33.8. The number of halogens is 1. The van der Waals surface area contributed by atoms with Gasteiger partial charge in [0.2, 0.25) is 0 Å². The molecule has 6 heterocycles. The Hall–Kier alpha value is -11.6. The van der Waals surface area contributed by atoms with Crippen LogP contribution in [-0.4, -0.2) is 18.7 Å². The molecule has 0 unspecified atom stereocenters. The van der Waals surface area contributed by atoms with Gasteiger partial charge in [0.25, 0.3) is 0 Å². The molecule has 10 aliphatic rings. The molecular formula is C104H83BrN6. The van der Waals surface area contributed by atoms with Crippen molar-refractivity contribution in [2.24, 2.45) is 47.3 Å². The van der Waals surface area contributed by atoms with E-state index in [4.69, 9.17) is 0 Å². The van der Waals surface area contributed by atoms with E-state index < -0.39 is 0 Å². The highest BCUT2D eigenvalue weighted by Crippen LogP contribution is 2.72. The Morgan fingerprint density at radius 2 is 0.541 bits per heavy atom. The van der Waals surface area contributed by atoms with Crippen molar-refractivity contribution in [3.8, 4) is 17.1 Å². The lowest BCUT2D eigenvalue weighted by Gasteiger charge is -2.64. The van der Waals surface area contributed by atoms with Crippen LogP contribution in [0.25, 0.3) is 104 Å². The lowest BCUT2D eigenvalue weighted by atomic mass is 9.41. The van der Waals surface area contributed by atoms with Crippen LogP contribution in [0.2, 0.25) is 0 Å². The summed E-state index contributed by atoms with van der Waals surface area (Å²) in [6.07, 6.45) is 14.2. The molecule has 1 N–H and O–H groups in total. The van der Waals surface area contributed by atoms with Gasteiger partial charge in [0, 0.05) is 97.9 Å². The largest absolute Gasteiger partial charge is 0.355 e. The maximum Gasteiger partial charge on any atom is 0.0542 e. The molecule has 0 atom stereocenters. The van der Waals surface area contributed by atoms with Crippen molar-refractivity contribution >= 4 is 137 Å². The summed E-state index contributed by atoms with van der Waals surface area (Å²) in [6, 6.07) is 122. The molecule has 111 heavy (non-hydrogen) atoms. The molecule has 7 heteroatoms. The molecule has 6 nitrogen and oxygen atoms in total. The predicted molar refractivity (Wildman–Crippen MR) is 464 cm³/mol. The van der Waals surface area contributed by atoms with E-state index in [0.29, 0.717) is 0 Å². The molecule has 8 bridgehead atoms. The summed E-state index contributed by atoms with van der Waals surface area (Å²) in [5.41, 5.74) is 27.9. The summed E-state index contributed by atoms with van der Waals surface area (Å²) in [6.45, 7) is 0. The fraction of sp³-hybridized carbons (Fsp3) is 0.192. The van der Waals surface area contributed by atoms with E-state index in [-0.39, 0.29) is 10.8 Å². The van der Waals surface area contributed by atoms with E-state index in [1.54, 1.807) is 22.3 Å². The van der Waals surface area contributed by atoms with Crippen LogP contribution in [0.5, 0.6) is 0 Å². The number of aromatic nitrogens is 4. The third kappa shape index (κ3) is 9.36. The van der Waals surface area contributed by atoms with Crippen LogP contribution in [0.1, 0.15) is 86.5 Å². The number of nitrogens with one attached hydrogen (secondary N) is 1. The van der Waals surface area contributed by atoms with Crippen LogP contribution in [0.15, 0.2) is 332 Å². The van der Waals surface area contributed by atoms with Gasteiger partial charge in [-0.25, -0.2) is 0 Å². The molecule has 28 rings (SSSR count). The monoisotopic (exact) mass is 1490 g/mol. The van der Waals surface area contributed by atoms with Crippen LogP contribution in [0.3, 0.4) is 0 Å². The number of H-pyrrole nitrogens is 1. The maximum atomic E-state index is 3.61. The molecule has 536 valence electrons. The highest BCUT2D eigenvalue weighted by Gasteiger charge is 2.63. The Morgan fingerprint density at radius 3 is 0.982 bits per heavy atom. The number of benzene rings is 14. The molecule has 18 aromatic rings. The lowest BCUT2D eigenvalue weighted by Crippen LogP contribution is -2.57. The molecule has 8 aliphatic carbocycles. The molecule has 2 spiro atoms. The first kappa shape index (κ1) is 64.2. The fourth-order valence-electron chi connectivity index (χ4n) is 24.9. The minimum absolute atomic E-state index is 0.111. The van der Waals surface area contributed by atoms with Gasteiger partial charge in [0.15, 0.2) is 0 Å². The minimum atomic E-state index is 0.111. The van der Waals surface area contributed by atoms with E-state index in [2.05, 4.69) is 366 Å². The van der Waals surface area contributed by atoms with E-state index in [9.17, 15) is 0 Å². The summed E-state index contributed by atoms with van der Waals surface area (Å²) in [7, 11) is 0. The molecular weight excluding hydrogens is 1410 g/mol. The molecule has 2 aliphatic heterocycles. The summed E-state index contributed by atoms with van der Waals surface area (Å²) >= 11 is 3.57. The van der Waals surface area contributed by atoms with Crippen molar-refractivity contribution < 1.29 is 0 Å². The van der Waals surface area contributed by atoms with Gasteiger partial charge in [-0.05, 0) is 279 Å². The Balaban J connectivity index is 0.000000109. The number of nitrogens with zero attached hydrogens (tertiary/aromatic N) is 5. The average Bonchev–Trinajstić information content (AvgIpc) is 1.61. The van der Waals surface area contributed by atoms with E-state index in [0.717, 1.165) is 51.8 Å². The first-order chi connectivity index (χ1) is 54.9. The second-order valence-corrected chi connectivity index (χ2v) is 34.7. The van der Waals surface area contributed by atoms with Crippen LogP contribution >= 0.6 is 15.9 Å². The fourth-order valence-corrected chi connectivity index (χ4v) is 25.3. The Labute approximate surface area is 655 Å². The first-order valence-corrected chi connectivity index (χ1v) is 41.5. The van der Waals surface area contributed by atoms with Gasteiger partial charge in [0.1, 0.15) is 0 Å². The van der Waals surface area contributed by atoms with Crippen LogP contribution in [0.4, 0.5) is 34.1 Å². The predicted octanol–water partition coefficient (Wildman–Crippen LogP) is 27.8. The molecule has 0 saturated heterocycles. The van der Waals surface area contributed by atoms with E-state index >= 15 is 0 Å². The number of fused-ring (bicyclic) bond motifs is 16. The van der Waals surface area contributed by atoms with Gasteiger partial charge in [-0.1, -0.05) is 198 Å². The Bertz CT molecular complexity index is 6650. The van der Waals surface area contributed by atoms with Gasteiger partial charge in [0.05, 0.1) is 55.8 Å². The molecule has 14 aromatic carbocycles. The zero-order valence-electron chi connectivity index (χ0n) is 62.0. The third-order valence-electron chi connectivity index (χ3n) is 28.5. The Morgan fingerprint density at radius 1 is 0.234 bits per heavy atom. The minimum Gasteiger partial charge on any atom is -0.355 e. The van der Waals surface area contributed by atoms with Gasteiger partial charge in [-0.15, -0.1) is 0 Å². The standard InChI is InChI=1S/C52H41N3.C34H30N2.C18H12BrN/c1-2-12-37(13-3-1)53-46-18-8-4-14-40(46)42-31-38(22-24-48(42)53)54-47-19-9-5-15-41(47)43-32-39(23-25-49(43)54)55-50-20-10-6-16-44(50)52(45-17-7-11-21-51(45)55)35-27-33-26-34(29-35)30-36(52)28-33;1-4-10-30-26(7-1)27-20-25(13-14-31(27)35-30)36-32-11-5-2-8-28(32)34(29-9-3-6-12-33(29)36)23-16-21-15-22(18-23)19-24(34)17-21;19-13-10-11-18-16(12-13)15-8-4-5-9-17(15)20(18)14-6-2-1-3-7-14/h1-25,31-36H,26-30H2;1-14,20-24,35H,15-19H2;1-12H. The second kappa shape index (κ2) is 24.7. The molecule has 8 saturated carbocycles. The smallest absolute Gasteiger partial charge is 0.0542 e. The summed E-state index contributed by atoms with van der Waals surface area (Å²) < 4.78 is 8.30. The van der Waals surface area contributed by atoms with E-state index in [1.165, 1.54) is 203 Å².